The van der Waals surface area contributed by atoms with E-state index in [1.165, 1.54) is 70.4 Å². The highest BCUT2D eigenvalue weighted by atomic mass is 28.3. The van der Waals surface area contributed by atoms with E-state index in [1.54, 1.807) is 15.9 Å². The van der Waals surface area contributed by atoms with Crippen LogP contribution in [0.3, 0.4) is 0 Å². The molecule has 0 aromatic heterocycles. The van der Waals surface area contributed by atoms with E-state index in [0.717, 1.165) is 17.9 Å². The van der Waals surface area contributed by atoms with Crippen molar-refractivity contribution in [3.8, 4) is 11.5 Å². The number of rotatable bonds is 3. The second-order valence-corrected chi connectivity index (χ2v) is 17.6. The number of anilines is 2. The summed E-state index contributed by atoms with van der Waals surface area (Å²) in [5, 5.41) is 3.21. The molecule has 3 heterocycles. The quantitative estimate of drug-likeness (QED) is 0.238. The molecule has 204 valence electrons. The van der Waals surface area contributed by atoms with E-state index in [9.17, 15) is 0 Å². The van der Waals surface area contributed by atoms with E-state index in [-0.39, 0.29) is 12.1 Å². The van der Waals surface area contributed by atoms with Crippen LogP contribution >= 0.6 is 0 Å². The molecule has 0 spiro atoms. The Morgan fingerprint density at radius 3 is 2.39 bits per heavy atom. The second-order valence-electron chi connectivity index (χ2n) is 13.0. The maximum absolute atomic E-state index is 6.90. The molecule has 8 rings (SSSR count). The maximum atomic E-state index is 6.90. The molecule has 4 heteroatoms. The lowest BCUT2D eigenvalue weighted by Crippen LogP contribution is -2.78. The van der Waals surface area contributed by atoms with Gasteiger partial charge in [0.25, 0.3) is 6.71 Å². The monoisotopic (exact) mass is 551 g/mol. The Balaban J connectivity index is 1.33. The van der Waals surface area contributed by atoms with Crippen molar-refractivity contribution in [3.05, 3.63) is 102 Å². The van der Waals surface area contributed by atoms with Gasteiger partial charge in [0.1, 0.15) is 19.6 Å². The number of fused-ring (bicyclic) bond motifs is 5. The summed E-state index contributed by atoms with van der Waals surface area (Å²) in [4.78, 5) is 2.56. The van der Waals surface area contributed by atoms with E-state index >= 15 is 0 Å². The van der Waals surface area contributed by atoms with Crippen LogP contribution in [-0.2, 0) is 5.41 Å². The van der Waals surface area contributed by atoms with Crippen molar-refractivity contribution in [2.24, 2.45) is 0 Å². The van der Waals surface area contributed by atoms with Crippen LogP contribution in [0.5, 0.6) is 11.5 Å². The Kier molecular flexibility index (Phi) is 5.54. The largest absolute Gasteiger partial charge is 0.458 e. The minimum atomic E-state index is -1.85. The molecule has 0 amide bonds. The fourth-order valence-electron chi connectivity index (χ4n) is 8.88. The zero-order valence-electron chi connectivity index (χ0n) is 24.8. The van der Waals surface area contributed by atoms with Gasteiger partial charge in [0.2, 0.25) is 0 Å². The molecule has 0 unspecified atom stereocenters. The topological polar surface area (TPSA) is 12.5 Å². The van der Waals surface area contributed by atoms with Gasteiger partial charge in [0.15, 0.2) is 0 Å². The molecule has 0 saturated heterocycles. The van der Waals surface area contributed by atoms with Crippen molar-refractivity contribution in [2.45, 2.75) is 70.9 Å². The molecular formula is C37H38BNOSi. The first-order valence-corrected chi connectivity index (χ1v) is 18.1. The summed E-state index contributed by atoms with van der Waals surface area (Å²) in [6, 6.07) is 34.8. The van der Waals surface area contributed by atoms with Crippen LogP contribution in [0.1, 0.15) is 58.9 Å². The van der Waals surface area contributed by atoms with Gasteiger partial charge in [-0.05, 0) is 65.9 Å². The predicted molar refractivity (Wildman–Crippen MR) is 177 cm³/mol. The summed E-state index contributed by atoms with van der Waals surface area (Å²) in [6.07, 6.45) is 4.86. The SMILES string of the molecule is CC[Si]1(CC)c2ccccc2B2c3ccc(N4C5=C(CCCC5)C(C)(C)c5ccccc54)cc3Oc3cccc1c32. The van der Waals surface area contributed by atoms with Crippen LogP contribution in [0.4, 0.5) is 11.4 Å². The molecule has 3 aliphatic heterocycles. The summed E-state index contributed by atoms with van der Waals surface area (Å²) in [5.41, 5.74) is 11.4. The van der Waals surface area contributed by atoms with Gasteiger partial charge < -0.3 is 9.64 Å². The van der Waals surface area contributed by atoms with Gasteiger partial charge in [-0.1, -0.05) is 116 Å². The molecule has 0 atom stereocenters. The zero-order chi connectivity index (χ0) is 27.9. The molecule has 4 aromatic carbocycles. The average molecular weight is 552 g/mol. The lowest BCUT2D eigenvalue weighted by atomic mass is 9.35. The molecule has 0 radical (unpaired) electrons. The Bertz CT molecular complexity index is 1750. The Labute approximate surface area is 246 Å². The summed E-state index contributed by atoms with van der Waals surface area (Å²) in [6.45, 7) is 9.88. The molecule has 0 bridgehead atoms. The fraction of sp³-hybridized carbons (Fsp3) is 0.297. The first-order valence-electron chi connectivity index (χ1n) is 15.7. The van der Waals surface area contributed by atoms with Gasteiger partial charge in [0, 0.05) is 28.6 Å². The predicted octanol–water partition coefficient (Wildman–Crippen LogP) is 6.48. The summed E-state index contributed by atoms with van der Waals surface area (Å²) < 4.78 is 6.90. The highest BCUT2D eigenvalue weighted by Crippen LogP contribution is 2.52. The third-order valence-corrected chi connectivity index (χ3v) is 16.3. The van der Waals surface area contributed by atoms with Crippen LogP contribution in [-0.4, -0.2) is 14.8 Å². The van der Waals surface area contributed by atoms with Gasteiger partial charge in [0.05, 0.1) is 0 Å². The summed E-state index contributed by atoms with van der Waals surface area (Å²) in [7, 11) is -1.85. The Morgan fingerprint density at radius 1 is 0.780 bits per heavy atom. The van der Waals surface area contributed by atoms with Gasteiger partial charge >= 0.3 is 0 Å². The summed E-state index contributed by atoms with van der Waals surface area (Å²) in [5.74, 6) is 2.07. The van der Waals surface area contributed by atoms with Crippen LogP contribution in [0.25, 0.3) is 0 Å². The first-order chi connectivity index (χ1) is 20.0. The molecule has 2 nitrogen and oxygen atoms in total. The van der Waals surface area contributed by atoms with Gasteiger partial charge in [-0.25, -0.2) is 0 Å². The Hall–Kier alpha value is -3.50. The van der Waals surface area contributed by atoms with E-state index in [0.29, 0.717) is 0 Å². The molecular weight excluding hydrogens is 513 g/mol. The first kappa shape index (κ1) is 25.2. The standard InChI is InChI=1S/C37H38BNOSi/c1-5-41(6-2)34-20-12-9-16-29(34)38-28-23-22-25(24-33(28)40-32-19-13-21-35(41)36(32)38)39-30-17-10-7-14-26(30)37(3,4)27-15-8-11-18-31(27)39/h7,9-10,12-14,16-17,19-24H,5-6,8,11,15,18H2,1-4H3. The van der Waals surface area contributed by atoms with Crippen molar-refractivity contribution in [2.75, 3.05) is 4.90 Å². The van der Waals surface area contributed by atoms with Gasteiger partial charge in [-0.15, -0.1) is 0 Å². The summed E-state index contributed by atoms with van der Waals surface area (Å²) >= 11 is 0. The van der Waals surface area contributed by atoms with Crippen LogP contribution < -0.4 is 36.4 Å². The molecule has 4 aliphatic rings. The zero-order valence-corrected chi connectivity index (χ0v) is 25.8. The number of para-hydroxylation sites is 1. The number of nitrogens with zero attached hydrogens (tertiary/aromatic N) is 1. The molecule has 0 N–H and O–H groups in total. The number of hydrogen-bond acceptors (Lipinski definition) is 2. The lowest BCUT2D eigenvalue weighted by Gasteiger charge is -2.46. The smallest absolute Gasteiger partial charge is 0.250 e. The minimum Gasteiger partial charge on any atom is -0.458 e. The van der Waals surface area contributed by atoms with Crippen LogP contribution in [0.15, 0.2) is 96.2 Å². The Morgan fingerprint density at radius 2 is 1.54 bits per heavy atom. The number of allylic oxidation sites excluding steroid dienone is 2. The van der Waals surface area contributed by atoms with Crippen LogP contribution in [0.2, 0.25) is 12.1 Å². The fourth-order valence-corrected chi connectivity index (χ4v) is 13.6. The second kappa shape index (κ2) is 9.00. The average Bonchev–Trinajstić information content (AvgIpc) is 3.01. The normalized spacial score (nSPS) is 18.9. The van der Waals surface area contributed by atoms with E-state index in [1.807, 2.05) is 0 Å². The number of benzene rings is 4. The number of hydrogen-bond donors (Lipinski definition) is 0. The molecule has 1 aliphatic carbocycles. The van der Waals surface area contributed by atoms with Crippen molar-refractivity contribution < 1.29 is 4.74 Å². The highest BCUT2D eigenvalue weighted by molar-refractivity contribution is 7.15. The molecule has 41 heavy (non-hydrogen) atoms. The number of ether oxygens (including phenoxy) is 1. The van der Waals surface area contributed by atoms with Gasteiger partial charge in [-0.2, -0.15) is 0 Å². The highest BCUT2D eigenvalue weighted by Gasteiger charge is 2.48. The van der Waals surface area contributed by atoms with Crippen molar-refractivity contribution in [3.63, 3.8) is 0 Å². The maximum Gasteiger partial charge on any atom is 0.250 e. The van der Waals surface area contributed by atoms with E-state index in [4.69, 9.17) is 4.74 Å². The third-order valence-electron chi connectivity index (χ3n) is 10.9. The molecule has 0 fully saturated rings. The van der Waals surface area contributed by atoms with Crippen molar-refractivity contribution in [1.29, 1.82) is 0 Å². The van der Waals surface area contributed by atoms with Crippen molar-refractivity contribution >= 4 is 52.9 Å². The molecule has 4 aromatic rings. The molecule has 0 saturated carbocycles. The minimum absolute atomic E-state index is 0.0592. The van der Waals surface area contributed by atoms with Crippen LogP contribution in [0, 0.1) is 0 Å². The third kappa shape index (κ3) is 3.31. The van der Waals surface area contributed by atoms with E-state index in [2.05, 4.69) is 118 Å². The lowest BCUT2D eigenvalue weighted by molar-refractivity contribution is 0.487. The van der Waals surface area contributed by atoms with Gasteiger partial charge in [-0.3, -0.25) is 0 Å². The van der Waals surface area contributed by atoms with E-state index < -0.39 is 8.07 Å². The van der Waals surface area contributed by atoms with Crippen molar-refractivity contribution in [1.82, 2.24) is 0 Å².